The van der Waals surface area contributed by atoms with Crippen LogP contribution in [0.1, 0.15) is 29.8 Å². The zero-order valence-corrected chi connectivity index (χ0v) is 13.3. The second-order valence-corrected chi connectivity index (χ2v) is 5.31. The van der Waals surface area contributed by atoms with E-state index in [2.05, 4.69) is 10.6 Å². The first-order valence-electron chi connectivity index (χ1n) is 6.84. The molecule has 116 valence electrons. The van der Waals surface area contributed by atoms with Crippen LogP contribution in [-0.4, -0.2) is 36.9 Å². The standard InChI is InChI=1S/C11H13ClO2.C4H8N2O/c1-7(2)14-10-6-8(3)4-5-9(10)11(12)13;7-4-3-5-1-2-6-4/h4-7H,1-3H3;5H,1-3H2,(H,6,7). The van der Waals surface area contributed by atoms with Gasteiger partial charge in [0.2, 0.25) is 5.91 Å². The normalized spacial score (nSPS) is 14.0. The number of carbonyl (C=O) groups excluding carboxylic acids is 2. The molecule has 2 rings (SSSR count). The summed E-state index contributed by atoms with van der Waals surface area (Å²) in [6.45, 7) is 7.93. The molecule has 5 nitrogen and oxygen atoms in total. The van der Waals surface area contributed by atoms with E-state index in [9.17, 15) is 9.59 Å². The highest BCUT2D eigenvalue weighted by Gasteiger charge is 2.11. The Bertz CT molecular complexity index is 496. The Morgan fingerprint density at radius 3 is 2.48 bits per heavy atom. The minimum absolute atomic E-state index is 0.0339. The number of hydrogen-bond donors (Lipinski definition) is 2. The Morgan fingerprint density at radius 2 is 2.05 bits per heavy atom. The Labute approximate surface area is 130 Å². The lowest BCUT2D eigenvalue weighted by atomic mass is 10.1. The highest BCUT2D eigenvalue weighted by Crippen LogP contribution is 2.23. The number of rotatable bonds is 3. The van der Waals surface area contributed by atoms with Crippen LogP contribution >= 0.6 is 11.6 Å². The second-order valence-electron chi connectivity index (χ2n) is 4.97. The van der Waals surface area contributed by atoms with Crippen molar-refractivity contribution >= 4 is 22.8 Å². The van der Waals surface area contributed by atoms with Gasteiger partial charge in [-0.3, -0.25) is 9.59 Å². The summed E-state index contributed by atoms with van der Waals surface area (Å²) in [4.78, 5) is 21.3. The van der Waals surface area contributed by atoms with Crippen molar-refractivity contribution < 1.29 is 14.3 Å². The zero-order valence-electron chi connectivity index (χ0n) is 12.5. The van der Waals surface area contributed by atoms with Crippen LogP contribution in [0.2, 0.25) is 0 Å². The lowest BCUT2D eigenvalue weighted by Crippen LogP contribution is -2.44. The summed E-state index contributed by atoms with van der Waals surface area (Å²) in [5, 5.41) is 5.12. The molecule has 21 heavy (non-hydrogen) atoms. The summed E-state index contributed by atoms with van der Waals surface area (Å²) in [6.07, 6.45) is 0.0339. The van der Waals surface area contributed by atoms with Gasteiger partial charge in [-0.1, -0.05) is 6.07 Å². The number of carbonyl (C=O) groups is 2. The summed E-state index contributed by atoms with van der Waals surface area (Å²) >= 11 is 5.43. The summed E-state index contributed by atoms with van der Waals surface area (Å²) in [6, 6.07) is 5.33. The summed E-state index contributed by atoms with van der Waals surface area (Å²) < 4.78 is 5.48. The minimum atomic E-state index is -0.486. The van der Waals surface area contributed by atoms with Crippen LogP contribution in [0, 0.1) is 6.92 Å². The maximum absolute atomic E-state index is 11.0. The molecule has 0 spiro atoms. The van der Waals surface area contributed by atoms with E-state index in [1.807, 2.05) is 32.9 Å². The van der Waals surface area contributed by atoms with Gasteiger partial charge < -0.3 is 15.4 Å². The number of amides is 1. The number of piperazine rings is 1. The Kier molecular flexibility index (Phi) is 7.19. The number of halogens is 1. The van der Waals surface area contributed by atoms with Crippen LogP contribution in [0.15, 0.2) is 18.2 Å². The van der Waals surface area contributed by atoms with Gasteiger partial charge in [0.1, 0.15) is 5.75 Å². The maximum Gasteiger partial charge on any atom is 0.256 e. The van der Waals surface area contributed by atoms with Crippen LogP contribution in [-0.2, 0) is 4.79 Å². The van der Waals surface area contributed by atoms with Crippen LogP contribution in [0.25, 0.3) is 0 Å². The first-order valence-corrected chi connectivity index (χ1v) is 7.22. The van der Waals surface area contributed by atoms with Gasteiger partial charge in [-0.2, -0.15) is 0 Å². The van der Waals surface area contributed by atoms with Crippen molar-refractivity contribution in [1.82, 2.24) is 10.6 Å². The Balaban J connectivity index is 0.000000262. The SMILES string of the molecule is Cc1ccc(C(=O)Cl)c(OC(C)C)c1.O=C1CNCCN1. The summed E-state index contributed by atoms with van der Waals surface area (Å²) in [5.74, 6) is 0.659. The first-order chi connectivity index (χ1) is 9.90. The molecule has 0 aromatic heterocycles. The van der Waals surface area contributed by atoms with Crippen LogP contribution in [0.3, 0.4) is 0 Å². The van der Waals surface area contributed by atoms with Crippen molar-refractivity contribution in [2.45, 2.75) is 26.9 Å². The molecule has 1 fully saturated rings. The van der Waals surface area contributed by atoms with Crippen molar-refractivity contribution in [2.24, 2.45) is 0 Å². The van der Waals surface area contributed by atoms with Crippen molar-refractivity contribution in [3.63, 3.8) is 0 Å². The predicted molar refractivity (Wildman–Crippen MR) is 83.0 cm³/mol. The number of hydrogen-bond acceptors (Lipinski definition) is 4. The predicted octanol–water partition coefficient (Wildman–Crippen LogP) is 1.87. The quantitative estimate of drug-likeness (QED) is 0.836. The van der Waals surface area contributed by atoms with E-state index in [-0.39, 0.29) is 12.0 Å². The van der Waals surface area contributed by atoms with Gasteiger partial charge in [0.05, 0.1) is 18.2 Å². The van der Waals surface area contributed by atoms with Gasteiger partial charge in [0.15, 0.2) is 0 Å². The topological polar surface area (TPSA) is 67.4 Å². The number of benzene rings is 1. The maximum atomic E-state index is 11.0. The number of ether oxygens (including phenoxy) is 1. The van der Waals surface area contributed by atoms with Crippen molar-refractivity contribution in [1.29, 1.82) is 0 Å². The molecule has 6 heteroatoms. The van der Waals surface area contributed by atoms with E-state index in [0.29, 0.717) is 17.9 Å². The molecule has 0 atom stereocenters. The van der Waals surface area contributed by atoms with Gasteiger partial charge in [0.25, 0.3) is 5.24 Å². The van der Waals surface area contributed by atoms with Crippen molar-refractivity contribution in [3.05, 3.63) is 29.3 Å². The average molecular weight is 313 g/mol. The first kappa shape index (κ1) is 17.5. The van der Waals surface area contributed by atoms with E-state index in [4.69, 9.17) is 16.3 Å². The molecule has 1 amide bonds. The average Bonchev–Trinajstić information content (AvgIpc) is 2.39. The molecule has 1 saturated heterocycles. The van der Waals surface area contributed by atoms with Crippen molar-refractivity contribution in [2.75, 3.05) is 19.6 Å². The third kappa shape index (κ3) is 6.60. The molecule has 1 aromatic carbocycles. The smallest absolute Gasteiger partial charge is 0.256 e. The highest BCUT2D eigenvalue weighted by atomic mass is 35.5. The third-order valence-corrected chi connectivity index (χ3v) is 2.82. The van der Waals surface area contributed by atoms with Gasteiger partial charge in [-0.05, 0) is 50.1 Å². The third-order valence-electron chi connectivity index (χ3n) is 2.62. The fourth-order valence-corrected chi connectivity index (χ4v) is 1.85. The number of aryl methyl sites for hydroxylation is 1. The van der Waals surface area contributed by atoms with E-state index < -0.39 is 5.24 Å². The van der Waals surface area contributed by atoms with E-state index in [1.165, 1.54) is 0 Å². The van der Waals surface area contributed by atoms with Gasteiger partial charge in [0, 0.05) is 13.1 Å². The van der Waals surface area contributed by atoms with E-state index in [0.717, 1.165) is 18.7 Å². The molecule has 2 N–H and O–H groups in total. The van der Waals surface area contributed by atoms with Crippen LogP contribution < -0.4 is 15.4 Å². The largest absolute Gasteiger partial charge is 0.490 e. The van der Waals surface area contributed by atoms with E-state index in [1.54, 1.807) is 6.07 Å². The van der Waals surface area contributed by atoms with Crippen LogP contribution in [0.4, 0.5) is 0 Å². The molecule has 1 aliphatic heterocycles. The molecular weight excluding hydrogens is 292 g/mol. The molecule has 0 aliphatic carbocycles. The van der Waals surface area contributed by atoms with Crippen LogP contribution in [0.5, 0.6) is 5.75 Å². The molecule has 0 unspecified atom stereocenters. The monoisotopic (exact) mass is 312 g/mol. The lowest BCUT2D eigenvalue weighted by Gasteiger charge is -2.12. The molecule has 1 heterocycles. The van der Waals surface area contributed by atoms with Gasteiger partial charge in [-0.15, -0.1) is 0 Å². The molecule has 0 radical (unpaired) electrons. The molecule has 0 bridgehead atoms. The fraction of sp³-hybridized carbons (Fsp3) is 0.467. The lowest BCUT2D eigenvalue weighted by molar-refractivity contribution is -0.121. The fourth-order valence-electron chi connectivity index (χ4n) is 1.70. The zero-order chi connectivity index (χ0) is 15.8. The molecule has 1 aliphatic rings. The van der Waals surface area contributed by atoms with Crippen molar-refractivity contribution in [3.8, 4) is 5.75 Å². The summed E-state index contributed by atoms with van der Waals surface area (Å²) in [7, 11) is 0. The number of nitrogens with one attached hydrogen (secondary N) is 2. The molecule has 1 aromatic rings. The highest BCUT2D eigenvalue weighted by molar-refractivity contribution is 6.68. The van der Waals surface area contributed by atoms with Gasteiger partial charge in [-0.25, -0.2) is 0 Å². The Hall–Kier alpha value is -1.59. The second kappa shape index (κ2) is 8.64. The minimum Gasteiger partial charge on any atom is -0.490 e. The Morgan fingerprint density at radius 1 is 1.33 bits per heavy atom. The molecule has 0 saturated carbocycles. The van der Waals surface area contributed by atoms with Gasteiger partial charge >= 0.3 is 0 Å². The molecular formula is C15H21ClN2O3. The van der Waals surface area contributed by atoms with E-state index >= 15 is 0 Å². The summed E-state index contributed by atoms with van der Waals surface area (Å²) in [5.41, 5.74) is 1.47.